The Morgan fingerprint density at radius 2 is 1.84 bits per heavy atom. The van der Waals surface area contributed by atoms with E-state index in [4.69, 9.17) is 0 Å². The van der Waals surface area contributed by atoms with Crippen LogP contribution in [-0.4, -0.2) is 11.6 Å². The molecule has 106 valence electrons. The smallest absolute Gasteiger partial charge is 0.262 e. The predicted octanol–water partition coefficient (Wildman–Crippen LogP) is 4.55. The number of anilines is 1. The number of aryl methyl sites for hydroxylation is 2. The third-order valence-corrected chi connectivity index (χ3v) is 3.61. The van der Waals surface area contributed by atoms with Gasteiger partial charge < -0.3 is 5.32 Å². The van der Waals surface area contributed by atoms with E-state index in [0.717, 1.165) is 29.7 Å². The lowest BCUT2D eigenvalue weighted by Gasteiger charge is -2.24. The van der Waals surface area contributed by atoms with Gasteiger partial charge in [0.25, 0.3) is 5.91 Å². The van der Waals surface area contributed by atoms with Crippen LogP contribution in [0.5, 0.6) is 0 Å². The van der Waals surface area contributed by atoms with Gasteiger partial charge in [-0.25, -0.2) is 4.39 Å². The van der Waals surface area contributed by atoms with Gasteiger partial charge in [0, 0.05) is 5.69 Å². The van der Waals surface area contributed by atoms with Crippen molar-refractivity contribution in [2.75, 3.05) is 5.32 Å². The van der Waals surface area contributed by atoms with Crippen LogP contribution in [0.15, 0.2) is 18.2 Å². The zero-order valence-electron chi connectivity index (χ0n) is 12.3. The number of hydrogen-bond donors (Lipinski definition) is 1. The fraction of sp³-hybridized carbons (Fsp3) is 0.562. The van der Waals surface area contributed by atoms with Gasteiger partial charge in [0.15, 0.2) is 5.67 Å². The molecule has 0 saturated carbocycles. The average molecular weight is 265 g/mol. The molecule has 0 aliphatic rings. The largest absolute Gasteiger partial charge is 0.323 e. The zero-order valence-corrected chi connectivity index (χ0v) is 12.3. The Morgan fingerprint density at radius 3 is 2.32 bits per heavy atom. The summed E-state index contributed by atoms with van der Waals surface area (Å²) in [5.41, 5.74) is 0.897. The molecule has 0 radical (unpaired) electrons. The molecule has 1 aromatic rings. The maximum Gasteiger partial charge on any atom is 0.262 e. The summed E-state index contributed by atoms with van der Waals surface area (Å²) in [5, 5.41) is 2.76. The van der Waals surface area contributed by atoms with Gasteiger partial charge in [-0.15, -0.1) is 0 Å². The van der Waals surface area contributed by atoms with E-state index in [1.54, 1.807) is 6.92 Å². The highest BCUT2D eigenvalue weighted by Gasteiger charge is 2.36. The van der Waals surface area contributed by atoms with Crippen LogP contribution < -0.4 is 5.32 Å². The van der Waals surface area contributed by atoms with Crippen molar-refractivity contribution < 1.29 is 9.18 Å². The standard InChI is InChI=1S/C16H24FNO/c1-5-7-11-16(17,6-2)15(19)18-14-12(3)9-8-10-13(14)4/h8-10H,5-7,11H2,1-4H3,(H,18,19). The lowest BCUT2D eigenvalue weighted by atomic mass is 9.94. The monoisotopic (exact) mass is 265 g/mol. The Morgan fingerprint density at radius 1 is 1.26 bits per heavy atom. The van der Waals surface area contributed by atoms with E-state index in [1.807, 2.05) is 39.0 Å². The first kappa shape index (κ1) is 15.7. The highest BCUT2D eigenvalue weighted by atomic mass is 19.1. The summed E-state index contributed by atoms with van der Waals surface area (Å²) in [5.74, 6) is -0.513. The van der Waals surface area contributed by atoms with Gasteiger partial charge >= 0.3 is 0 Å². The van der Waals surface area contributed by atoms with Gasteiger partial charge in [0.2, 0.25) is 0 Å². The molecule has 1 rings (SSSR count). The number of alkyl halides is 1. The Hall–Kier alpha value is -1.38. The molecule has 0 aromatic heterocycles. The molecule has 1 N–H and O–H groups in total. The summed E-state index contributed by atoms with van der Waals surface area (Å²) >= 11 is 0. The Balaban J connectivity index is 2.88. The van der Waals surface area contributed by atoms with Crippen molar-refractivity contribution in [1.29, 1.82) is 0 Å². The minimum absolute atomic E-state index is 0.212. The highest BCUT2D eigenvalue weighted by molar-refractivity contribution is 5.98. The summed E-state index contributed by atoms with van der Waals surface area (Å²) < 4.78 is 14.6. The topological polar surface area (TPSA) is 29.1 Å². The molecular formula is C16H24FNO. The van der Waals surface area contributed by atoms with E-state index in [0.29, 0.717) is 0 Å². The molecule has 19 heavy (non-hydrogen) atoms. The van der Waals surface area contributed by atoms with E-state index in [-0.39, 0.29) is 12.8 Å². The first-order valence-corrected chi connectivity index (χ1v) is 7.01. The van der Waals surface area contributed by atoms with Gasteiger partial charge in [0.1, 0.15) is 0 Å². The Kier molecular flexibility index (Phi) is 5.52. The maximum absolute atomic E-state index is 14.6. The first-order chi connectivity index (χ1) is 8.94. The van der Waals surface area contributed by atoms with Crippen LogP contribution in [0.2, 0.25) is 0 Å². The molecule has 2 nitrogen and oxygen atoms in total. The van der Waals surface area contributed by atoms with Gasteiger partial charge in [-0.05, 0) is 44.2 Å². The molecule has 1 unspecified atom stereocenters. The minimum atomic E-state index is -1.76. The SMILES string of the molecule is CCCCC(F)(CC)C(=O)Nc1c(C)cccc1C. The molecule has 1 aromatic carbocycles. The third-order valence-electron chi connectivity index (χ3n) is 3.61. The van der Waals surface area contributed by atoms with Crippen LogP contribution in [0, 0.1) is 13.8 Å². The van der Waals surface area contributed by atoms with Crippen LogP contribution in [0.1, 0.15) is 50.7 Å². The molecule has 0 spiro atoms. The number of benzene rings is 1. The van der Waals surface area contributed by atoms with E-state index in [2.05, 4.69) is 5.32 Å². The number of rotatable bonds is 6. The predicted molar refractivity (Wildman–Crippen MR) is 78.2 cm³/mol. The number of unbranched alkanes of at least 4 members (excludes halogenated alkanes) is 1. The fourth-order valence-corrected chi connectivity index (χ4v) is 2.15. The second kappa shape index (κ2) is 6.69. The summed E-state index contributed by atoms with van der Waals surface area (Å²) in [6.45, 7) is 7.56. The molecule has 0 bridgehead atoms. The third kappa shape index (κ3) is 3.79. The number of carbonyl (C=O) groups is 1. The van der Waals surface area contributed by atoms with E-state index in [9.17, 15) is 9.18 Å². The van der Waals surface area contributed by atoms with E-state index in [1.165, 1.54) is 0 Å². The van der Waals surface area contributed by atoms with Gasteiger partial charge in [-0.3, -0.25) is 4.79 Å². The number of para-hydroxylation sites is 1. The highest BCUT2D eigenvalue weighted by Crippen LogP contribution is 2.27. The fourth-order valence-electron chi connectivity index (χ4n) is 2.15. The molecule has 0 saturated heterocycles. The van der Waals surface area contributed by atoms with Crippen LogP contribution in [0.3, 0.4) is 0 Å². The van der Waals surface area contributed by atoms with Crippen molar-refractivity contribution in [2.45, 2.75) is 59.0 Å². The first-order valence-electron chi connectivity index (χ1n) is 7.01. The van der Waals surface area contributed by atoms with Crippen LogP contribution >= 0.6 is 0 Å². The molecule has 0 heterocycles. The molecule has 1 atom stereocenters. The molecular weight excluding hydrogens is 241 g/mol. The van der Waals surface area contributed by atoms with Crippen molar-refractivity contribution in [3.63, 3.8) is 0 Å². The van der Waals surface area contributed by atoms with Gasteiger partial charge in [-0.1, -0.05) is 38.5 Å². The molecule has 0 fully saturated rings. The van der Waals surface area contributed by atoms with Crippen LogP contribution in [0.4, 0.5) is 10.1 Å². The summed E-state index contributed by atoms with van der Waals surface area (Å²) in [6.07, 6.45) is 2.12. The second-order valence-electron chi connectivity index (χ2n) is 5.14. The van der Waals surface area contributed by atoms with Crippen molar-refractivity contribution in [3.8, 4) is 0 Å². The van der Waals surface area contributed by atoms with E-state index >= 15 is 0 Å². The summed E-state index contributed by atoms with van der Waals surface area (Å²) in [6, 6.07) is 5.76. The summed E-state index contributed by atoms with van der Waals surface area (Å²) in [7, 11) is 0. The number of hydrogen-bond acceptors (Lipinski definition) is 1. The van der Waals surface area contributed by atoms with Crippen LogP contribution in [0.25, 0.3) is 0 Å². The van der Waals surface area contributed by atoms with Crippen molar-refractivity contribution >= 4 is 11.6 Å². The number of carbonyl (C=O) groups excluding carboxylic acids is 1. The zero-order chi connectivity index (χ0) is 14.5. The molecule has 0 aliphatic carbocycles. The van der Waals surface area contributed by atoms with Crippen molar-refractivity contribution in [3.05, 3.63) is 29.3 Å². The normalized spacial score (nSPS) is 13.9. The Bertz CT molecular complexity index is 424. The molecule has 1 amide bonds. The summed E-state index contributed by atoms with van der Waals surface area (Å²) in [4.78, 5) is 12.2. The maximum atomic E-state index is 14.6. The van der Waals surface area contributed by atoms with E-state index < -0.39 is 11.6 Å². The lowest BCUT2D eigenvalue weighted by molar-refractivity contribution is -0.128. The minimum Gasteiger partial charge on any atom is -0.323 e. The van der Waals surface area contributed by atoms with Gasteiger partial charge in [-0.2, -0.15) is 0 Å². The molecule has 3 heteroatoms. The van der Waals surface area contributed by atoms with Crippen molar-refractivity contribution in [2.24, 2.45) is 0 Å². The number of nitrogens with one attached hydrogen (secondary N) is 1. The quantitative estimate of drug-likeness (QED) is 0.803. The Labute approximate surface area is 115 Å². The van der Waals surface area contributed by atoms with Crippen molar-refractivity contribution in [1.82, 2.24) is 0 Å². The number of halogens is 1. The number of amides is 1. The van der Waals surface area contributed by atoms with Crippen LogP contribution in [-0.2, 0) is 4.79 Å². The van der Waals surface area contributed by atoms with Gasteiger partial charge in [0.05, 0.1) is 0 Å². The second-order valence-corrected chi connectivity index (χ2v) is 5.14. The lowest BCUT2D eigenvalue weighted by Crippen LogP contribution is -2.38. The average Bonchev–Trinajstić information content (AvgIpc) is 2.40. The molecule has 0 aliphatic heterocycles.